The number of hydrogen-bond donors (Lipinski definition) is 1. The van der Waals surface area contributed by atoms with Crippen LogP contribution in [0.25, 0.3) is 0 Å². The second kappa shape index (κ2) is 7.40. The average Bonchev–Trinajstić information content (AvgIpc) is 3.43. The zero-order valence-electron chi connectivity index (χ0n) is 14.0. The SMILES string of the molecule is C[C@@H](NC(=O)COC(=O)C1(c2ccccc2)CC1)c1ccc(Br)cc1. The lowest BCUT2D eigenvalue weighted by Crippen LogP contribution is -2.33. The first-order chi connectivity index (χ1) is 12.0. The van der Waals surface area contributed by atoms with Crippen LogP contribution in [0.5, 0.6) is 0 Å². The van der Waals surface area contributed by atoms with E-state index in [0.29, 0.717) is 0 Å². The second-order valence-corrected chi connectivity index (χ2v) is 7.28. The van der Waals surface area contributed by atoms with Crippen molar-refractivity contribution < 1.29 is 14.3 Å². The average molecular weight is 402 g/mol. The molecule has 0 aromatic heterocycles. The van der Waals surface area contributed by atoms with Crippen LogP contribution in [0.1, 0.15) is 36.9 Å². The molecule has 2 aromatic rings. The summed E-state index contributed by atoms with van der Waals surface area (Å²) in [5, 5.41) is 2.85. The van der Waals surface area contributed by atoms with Crippen LogP contribution < -0.4 is 5.32 Å². The molecule has 1 N–H and O–H groups in total. The summed E-state index contributed by atoms with van der Waals surface area (Å²) in [4.78, 5) is 24.5. The summed E-state index contributed by atoms with van der Waals surface area (Å²) in [7, 11) is 0. The van der Waals surface area contributed by atoms with Crippen molar-refractivity contribution in [2.45, 2.75) is 31.2 Å². The molecule has 0 bridgehead atoms. The number of carbonyl (C=O) groups excluding carboxylic acids is 2. The lowest BCUT2D eigenvalue weighted by molar-refractivity contribution is -0.151. The number of ether oxygens (including phenoxy) is 1. The molecule has 0 unspecified atom stereocenters. The molecule has 1 saturated carbocycles. The molecule has 0 saturated heterocycles. The lowest BCUT2D eigenvalue weighted by Gasteiger charge is -2.17. The van der Waals surface area contributed by atoms with Crippen molar-refractivity contribution in [1.29, 1.82) is 0 Å². The van der Waals surface area contributed by atoms with Gasteiger partial charge in [0.05, 0.1) is 11.5 Å². The summed E-state index contributed by atoms with van der Waals surface area (Å²) in [6.45, 7) is 1.64. The Balaban J connectivity index is 1.52. The first-order valence-electron chi connectivity index (χ1n) is 8.29. The molecule has 25 heavy (non-hydrogen) atoms. The fraction of sp³-hybridized carbons (Fsp3) is 0.300. The molecular formula is C20H20BrNO3. The molecule has 1 fully saturated rings. The highest BCUT2D eigenvalue weighted by atomic mass is 79.9. The molecule has 1 aliphatic carbocycles. The molecule has 2 aromatic carbocycles. The molecule has 4 nitrogen and oxygen atoms in total. The molecule has 1 amide bonds. The number of halogens is 1. The monoisotopic (exact) mass is 401 g/mol. The summed E-state index contributed by atoms with van der Waals surface area (Å²) in [5.41, 5.74) is 1.40. The molecule has 0 heterocycles. The third-order valence-electron chi connectivity index (χ3n) is 4.55. The highest BCUT2D eigenvalue weighted by Gasteiger charge is 2.52. The van der Waals surface area contributed by atoms with Crippen molar-refractivity contribution in [1.82, 2.24) is 5.32 Å². The number of carbonyl (C=O) groups is 2. The van der Waals surface area contributed by atoms with Gasteiger partial charge in [-0.25, -0.2) is 0 Å². The topological polar surface area (TPSA) is 55.4 Å². The van der Waals surface area contributed by atoms with Gasteiger partial charge in [-0.05, 0) is 43.0 Å². The first kappa shape index (κ1) is 17.7. The molecule has 130 valence electrons. The van der Waals surface area contributed by atoms with E-state index in [1.165, 1.54) is 0 Å². The van der Waals surface area contributed by atoms with Gasteiger partial charge < -0.3 is 10.1 Å². The first-order valence-corrected chi connectivity index (χ1v) is 9.08. The maximum absolute atomic E-state index is 12.4. The zero-order chi connectivity index (χ0) is 17.9. The van der Waals surface area contributed by atoms with Gasteiger partial charge in [-0.3, -0.25) is 9.59 Å². The van der Waals surface area contributed by atoms with Crippen LogP contribution in [0, 0.1) is 0 Å². The molecule has 0 spiro atoms. The summed E-state index contributed by atoms with van der Waals surface area (Å²) < 4.78 is 6.27. The molecule has 0 aliphatic heterocycles. The Hall–Kier alpha value is -2.14. The number of nitrogens with one attached hydrogen (secondary N) is 1. The Labute approximate surface area is 155 Å². The normalized spacial score (nSPS) is 15.9. The van der Waals surface area contributed by atoms with Gasteiger partial charge in [0.1, 0.15) is 0 Å². The van der Waals surface area contributed by atoms with Gasteiger partial charge in [0.2, 0.25) is 0 Å². The summed E-state index contributed by atoms with van der Waals surface area (Å²) in [5.74, 6) is -0.613. The molecule has 5 heteroatoms. The van der Waals surface area contributed by atoms with Gasteiger partial charge in [-0.15, -0.1) is 0 Å². The van der Waals surface area contributed by atoms with Crippen molar-refractivity contribution in [3.63, 3.8) is 0 Å². The summed E-state index contributed by atoms with van der Waals surface area (Å²) in [6, 6.07) is 17.2. The van der Waals surface area contributed by atoms with E-state index in [-0.39, 0.29) is 24.5 Å². The second-order valence-electron chi connectivity index (χ2n) is 6.37. The van der Waals surface area contributed by atoms with Crippen molar-refractivity contribution in [2.75, 3.05) is 6.61 Å². The third kappa shape index (κ3) is 4.10. The fourth-order valence-electron chi connectivity index (χ4n) is 2.88. The number of hydrogen-bond acceptors (Lipinski definition) is 3. The Bertz CT molecular complexity index is 754. The Morgan fingerprint density at radius 1 is 1.12 bits per heavy atom. The van der Waals surface area contributed by atoms with E-state index in [9.17, 15) is 9.59 Å². The summed E-state index contributed by atoms with van der Waals surface area (Å²) in [6.07, 6.45) is 1.54. The zero-order valence-corrected chi connectivity index (χ0v) is 15.6. The quantitative estimate of drug-likeness (QED) is 0.746. The van der Waals surface area contributed by atoms with Crippen LogP contribution in [-0.4, -0.2) is 18.5 Å². The van der Waals surface area contributed by atoms with Gasteiger partial charge in [-0.1, -0.05) is 58.4 Å². The van der Waals surface area contributed by atoms with E-state index < -0.39 is 5.41 Å². The maximum Gasteiger partial charge on any atom is 0.317 e. The third-order valence-corrected chi connectivity index (χ3v) is 5.08. The predicted octanol–water partition coefficient (Wildman–Crippen LogP) is 3.90. The van der Waals surface area contributed by atoms with E-state index in [4.69, 9.17) is 4.74 Å². The minimum atomic E-state index is -0.557. The number of esters is 1. The molecule has 1 atom stereocenters. The van der Waals surface area contributed by atoms with Crippen LogP contribution >= 0.6 is 15.9 Å². The molecule has 1 aliphatic rings. The Morgan fingerprint density at radius 2 is 1.76 bits per heavy atom. The van der Waals surface area contributed by atoms with E-state index >= 15 is 0 Å². The highest BCUT2D eigenvalue weighted by molar-refractivity contribution is 9.10. The lowest BCUT2D eigenvalue weighted by atomic mass is 9.96. The largest absolute Gasteiger partial charge is 0.455 e. The van der Waals surface area contributed by atoms with Gasteiger partial charge in [0.15, 0.2) is 6.61 Å². The van der Waals surface area contributed by atoms with E-state index in [1.54, 1.807) is 0 Å². The van der Waals surface area contributed by atoms with Gasteiger partial charge in [-0.2, -0.15) is 0 Å². The summed E-state index contributed by atoms with van der Waals surface area (Å²) >= 11 is 3.39. The van der Waals surface area contributed by atoms with Gasteiger partial charge in [0.25, 0.3) is 5.91 Å². The van der Waals surface area contributed by atoms with Crippen molar-refractivity contribution in [2.24, 2.45) is 0 Å². The fourth-order valence-corrected chi connectivity index (χ4v) is 3.14. The van der Waals surface area contributed by atoms with Gasteiger partial charge in [0, 0.05) is 4.47 Å². The van der Waals surface area contributed by atoms with Crippen LogP contribution in [0.2, 0.25) is 0 Å². The number of rotatable bonds is 6. The standard InChI is InChI=1S/C20H20BrNO3/c1-14(15-7-9-17(21)10-8-15)22-18(23)13-25-19(24)20(11-12-20)16-5-3-2-4-6-16/h2-10,14H,11-13H2,1H3,(H,22,23)/t14-/m1/s1. The Morgan fingerprint density at radius 3 is 2.36 bits per heavy atom. The Kier molecular flexibility index (Phi) is 5.23. The van der Waals surface area contributed by atoms with E-state index in [2.05, 4.69) is 21.2 Å². The van der Waals surface area contributed by atoms with Crippen LogP contribution in [0.3, 0.4) is 0 Å². The molecular weight excluding hydrogens is 382 g/mol. The van der Waals surface area contributed by atoms with Crippen molar-refractivity contribution >= 4 is 27.8 Å². The minimum Gasteiger partial charge on any atom is -0.455 e. The van der Waals surface area contributed by atoms with Crippen LogP contribution in [0.4, 0.5) is 0 Å². The number of benzene rings is 2. The van der Waals surface area contributed by atoms with Gasteiger partial charge >= 0.3 is 5.97 Å². The van der Waals surface area contributed by atoms with Crippen molar-refractivity contribution in [3.8, 4) is 0 Å². The number of amides is 1. The van der Waals surface area contributed by atoms with Crippen molar-refractivity contribution in [3.05, 3.63) is 70.2 Å². The highest BCUT2D eigenvalue weighted by Crippen LogP contribution is 2.49. The van der Waals surface area contributed by atoms with E-state index in [1.807, 2.05) is 61.5 Å². The van der Waals surface area contributed by atoms with Crippen LogP contribution in [-0.2, 0) is 19.7 Å². The predicted molar refractivity (Wildman–Crippen MR) is 99.0 cm³/mol. The van der Waals surface area contributed by atoms with Crippen LogP contribution in [0.15, 0.2) is 59.1 Å². The van der Waals surface area contributed by atoms with E-state index in [0.717, 1.165) is 28.4 Å². The smallest absolute Gasteiger partial charge is 0.317 e. The maximum atomic E-state index is 12.4. The molecule has 0 radical (unpaired) electrons. The minimum absolute atomic E-state index is 0.150. The molecule has 3 rings (SSSR count).